The number of sulfonamides is 1. The third-order valence-electron chi connectivity index (χ3n) is 5.52. The molecular formula is C21H28F2N2O4S. The van der Waals surface area contributed by atoms with Crippen LogP contribution in [0.3, 0.4) is 0 Å². The second kappa shape index (κ2) is 8.53. The van der Waals surface area contributed by atoms with Crippen LogP contribution in [0.1, 0.15) is 57.6 Å². The van der Waals surface area contributed by atoms with E-state index in [0.29, 0.717) is 17.0 Å². The Balaban J connectivity index is 1.92. The molecule has 1 aromatic carbocycles. The third kappa shape index (κ3) is 5.30. The minimum atomic E-state index is -3.55. The maximum Gasteiger partial charge on any atom is 0.248 e. The summed E-state index contributed by atoms with van der Waals surface area (Å²) < 4.78 is 59.6. The van der Waals surface area contributed by atoms with Gasteiger partial charge in [0.05, 0.1) is 17.5 Å². The minimum Gasteiger partial charge on any atom is -0.490 e. The fraction of sp³-hybridized carbons (Fsp3) is 0.571. The van der Waals surface area contributed by atoms with E-state index < -0.39 is 22.0 Å². The van der Waals surface area contributed by atoms with Gasteiger partial charge in [-0.1, -0.05) is 0 Å². The Bertz CT molecular complexity index is 936. The lowest BCUT2D eigenvalue weighted by molar-refractivity contribution is -0.123. The summed E-state index contributed by atoms with van der Waals surface area (Å²) in [6.45, 7) is 3.39. The number of nitrogens with zero attached hydrogens (tertiary/aromatic N) is 1. The van der Waals surface area contributed by atoms with Crippen molar-refractivity contribution in [1.29, 1.82) is 0 Å². The summed E-state index contributed by atoms with van der Waals surface area (Å²) in [5, 5.41) is 0. The molecule has 30 heavy (non-hydrogen) atoms. The van der Waals surface area contributed by atoms with Gasteiger partial charge in [-0.3, -0.25) is 9.52 Å². The Morgan fingerprint density at radius 3 is 2.53 bits per heavy atom. The van der Waals surface area contributed by atoms with E-state index in [9.17, 15) is 22.0 Å². The van der Waals surface area contributed by atoms with Gasteiger partial charge in [-0.15, -0.1) is 0 Å². The Labute approximate surface area is 176 Å². The van der Waals surface area contributed by atoms with Gasteiger partial charge in [0.2, 0.25) is 15.9 Å². The second-order valence-corrected chi connectivity index (χ2v) is 10.1. The molecular weight excluding hydrogens is 414 g/mol. The summed E-state index contributed by atoms with van der Waals surface area (Å²) in [7, 11) is -1.79. The van der Waals surface area contributed by atoms with Gasteiger partial charge in [-0.05, 0) is 56.7 Å². The summed E-state index contributed by atoms with van der Waals surface area (Å²) in [4.78, 5) is 14.5. The van der Waals surface area contributed by atoms with Crippen LogP contribution in [0.4, 0.5) is 14.5 Å². The van der Waals surface area contributed by atoms with Crippen LogP contribution in [0.2, 0.25) is 0 Å². The topological polar surface area (TPSA) is 75.7 Å². The molecule has 6 nitrogen and oxygen atoms in total. The van der Waals surface area contributed by atoms with E-state index in [0.717, 1.165) is 5.57 Å². The van der Waals surface area contributed by atoms with Crippen LogP contribution in [0.5, 0.6) is 5.75 Å². The predicted octanol–water partition coefficient (Wildman–Crippen LogP) is 4.25. The molecule has 0 radical (unpaired) electrons. The van der Waals surface area contributed by atoms with E-state index >= 15 is 0 Å². The number of ketones is 1. The van der Waals surface area contributed by atoms with E-state index in [4.69, 9.17) is 4.74 Å². The number of Topliss-reactive ketones (excluding diaryl/α,β-unsaturated/α-hetero) is 1. The highest BCUT2D eigenvalue weighted by Gasteiger charge is 2.36. The fourth-order valence-corrected chi connectivity index (χ4v) is 4.62. The smallest absolute Gasteiger partial charge is 0.248 e. The number of benzene rings is 1. The summed E-state index contributed by atoms with van der Waals surface area (Å²) in [5.74, 6) is -2.36. The maximum atomic E-state index is 13.4. The molecule has 0 saturated heterocycles. The molecule has 0 bridgehead atoms. The van der Waals surface area contributed by atoms with Crippen LogP contribution in [-0.4, -0.2) is 43.9 Å². The van der Waals surface area contributed by atoms with Crippen molar-refractivity contribution >= 4 is 21.5 Å². The van der Waals surface area contributed by atoms with Gasteiger partial charge in [0, 0.05) is 31.9 Å². The fourth-order valence-electron chi connectivity index (χ4n) is 3.96. The molecule has 3 rings (SSSR count). The molecule has 9 heteroatoms. The monoisotopic (exact) mass is 442 g/mol. The van der Waals surface area contributed by atoms with E-state index in [2.05, 4.69) is 4.72 Å². The number of hydrogen-bond donors (Lipinski definition) is 1. The van der Waals surface area contributed by atoms with Crippen LogP contribution in [-0.2, 0) is 14.8 Å². The molecule has 1 heterocycles. The lowest BCUT2D eigenvalue weighted by atomic mass is 9.92. The molecule has 1 atom stereocenters. The Morgan fingerprint density at radius 1 is 1.27 bits per heavy atom. The molecule has 1 saturated carbocycles. The first kappa shape index (κ1) is 22.5. The predicted molar refractivity (Wildman–Crippen MR) is 111 cm³/mol. The van der Waals surface area contributed by atoms with Gasteiger partial charge in [-0.2, -0.15) is 0 Å². The number of likely N-dealkylation sites (N-methyl/N-ethyl adjacent to an activating group) is 1. The third-order valence-corrected chi connectivity index (χ3v) is 6.81. The lowest BCUT2D eigenvalue weighted by Crippen LogP contribution is -2.32. The Kier molecular flexibility index (Phi) is 6.40. The highest BCUT2D eigenvalue weighted by Crippen LogP contribution is 2.38. The van der Waals surface area contributed by atoms with Crippen molar-refractivity contribution in [3.8, 4) is 5.75 Å². The van der Waals surface area contributed by atoms with Crippen molar-refractivity contribution in [3.05, 3.63) is 35.5 Å². The number of hydrogen-bond acceptors (Lipinski definition) is 5. The number of carbonyl (C=O) groups excluding carboxylic acids is 1. The van der Waals surface area contributed by atoms with Crippen LogP contribution >= 0.6 is 0 Å². The van der Waals surface area contributed by atoms with Gasteiger partial charge in [0.1, 0.15) is 11.8 Å². The average Bonchev–Trinajstić information content (AvgIpc) is 2.64. The molecule has 166 valence electrons. The number of rotatable bonds is 6. The minimum absolute atomic E-state index is 0.0519. The van der Waals surface area contributed by atoms with Gasteiger partial charge < -0.3 is 9.64 Å². The second-order valence-electron chi connectivity index (χ2n) is 8.11. The summed E-state index contributed by atoms with van der Waals surface area (Å²) in [6, 6.07) is 4.16. The standard InChI is InChI=1S/C21H28F2N2O4S/c1-4-30(27,28)24-18-6-5-16(29-15-7-9-21(22,23)10-8-15)12-17(18)20-19(26)11-14(2)13-25(20)3/h5-6,12-13,15,20,24H,4,7-11H2,1-3H3. The normalized spacial score (nSPS) is 22.6. The average molecular weight is 443 g/mol. The highest BCUT2D eigenvalue weighted by atomic mass is 32.2. The largest absolute Gasteiger partial charge is 0.490 e. The molecule has 1 aromatic rings. The number of ether oxygens (including phenoxy) is 1. The van der Waals surface area contributed by atoms with Crippen molar-refractivity contribution in [2.24, 2.45) is 0 Å². The van der Waals surface area contributed by atoms with Gasteiger partial charge >= 0.3 is 0 Å². The first-order valence-corrected chi connectivity index (χ1v) is 11.8. The van der Waals surface area contributed by atoms with Crippen molar-refractivity contribution in [3.63, 3.8) is 0 Å². The van der Waals surface area contributed by atoms with Crippen molar-refractivity contribution < 1.29 is 26.7 Å². The van der Waals surface area contributed by atoms with Crippen molar-refractivity contribution in [2.75, 3.05) is 17.5 Å². The number of halogens is 2. The summed E-state index contributed by atoms with van der Waals surface area (Å²) in [5.41, 5.74) is 1.73. The molecule has 1 aliphatic heterocycles. The summed E-state index contributed by atoms with van der Waals surface area (Å²) >= 11 is 0. The Morgan fingerprint density at radius 2 is 1.93 bits per heavy atom. The number of carbonyl (C=O) groups is 1. The molecule has 1 N–H and O–H groups in total. The van der Waals surface area contributed by atoms with Gasteiger partial charge in [0.25, 0.3) is 0 Å². The van der Waals surface area contributed by atoms with Crippen LogP contribution in [0.25, 0.3) is 0 Å². The van der Waals surface area contributed by atoms with Gasteiger partial charge in [0.15, 0.2) is 5.78 Å². The zero-order valence-electron chi connectivity index (χ0n) is 17.5. The Hall–Kier alpha value is -2.16. The van der Waals surface area contributed by atoms with E-state index in [1.807, 2.05) is 13.1 Å². The zero-order chi connectivity index (χ0) is 22.1. The van der Waals surface area contributed by atoms with E-state index in [-0.39, 0.29) is 49.7 Å². The van der Waals surface area contributed by atoms with E-state index in [1.54, 1.807) is 30.1 Å². The van der Waals surface area contributed by atoms with Crippen LogP contribution < -0.4 is 9.46 Å². The molecule has 2 aliphatic rings. The zero-order valence-corrected chi connectivity index (χ0v) is 18.3. The molecule has 0 amide bonds. The SMILES string of the molecule is CCS(=O)(=O)Nc1ccc(OC2CCC(F)(F)CC2)cc1C1C(=O)CC(C)=CN1C. The molecule has 1 aliphatic carbocycles. The van der Waals surface area contributed by atoms with Crippen LogP contribution in [0.15, 0.2) is 30.0 Å². The van der Waals surface area contributed by atoms with Crippen LogP contribution in [0, 0.1) is 0 Å². The molecule has 0 spiro atoms. The lowest BCUT2D eigenvalue weighted by Gasteiger charge is -2.33. The number of anilines is 1. The quantitative estimate of drug-likeness (QED) is 0.713. The highest BCUT2D eigenvalue weighted by molar-refractivity contribution is 7.92. The molecule has 1 fully saturated rings. The number of nitrogens with one attached hydrogen (secondary N) is 1. The molecule has 0 aromatic heterocycles. The first-order valence-electron chi connectivity index (χ1n) is 10.1. The van der Waals surface area contributed by atoms with Crippen molar-refractivity contribution in [1.82, 2.24) is 4.90 Å². The first-order chi connectivity index (χ1) is 14.0. The molecule has 1 unspecified atom stereocenters. The number of alkyl halides is 2. The maximum absolute atomic E-state index is 13.4. The van der Waals surface area contributed by atoms with Gasteiger partial charge in [-0.25, -0.2) is 17.2 Å². The number of allylic oxidation sites excluding steroid dienone is 1. The summed E-state index contributed by atoms with van der Waals surface area (Å²) in [6.07, 6.45) is 1.86. The van der Waals surface area contributed by atoms with E-state index in [1.165, 1.54) is 6.92 Å². The van der Waals surface area contributed by atoms with Crippen molar-refractivity contribution in [2.45, 2.75) is 64.0 Å².